The molecule has 2 aliphatic rings. The highest BCUT2D eigenvalue weighted by molar-refractivity contribution is 5.91. The Morgan fingerprint density at radius 1 is 1.11 bits per heavy atom. The number of hydrogen-bond acceptors (Lipinski definition) is 4. The summed E-state index contributed by atoms with van der Waals surface area (Å²) >= 11 is 0. The van der Waals surface area contributed by atoms with Crippen molar-refractivity contribution in [3.63, 3.8) is 0 Å². The predicted molar refractivity (Wildman–Crippen MR) is 130 cm³/mol. The number of amides is 4. The smallest absolute Gasteiger partial charge is 0.318 e. The van der Waals surface area contributed by atoms with Crippen molar-refractivity contribution in [2.24, 2.45) is 0 Å². The third kappa shape index (κ3) is 6.05. The number of pyridine rings is 1. The van der Waals surface area contributed by atoms with Crippen LogP contribution < -0.4 is 10.6 Å². The Balaban J connectivity index is 1.48. The number of rotatable bonds is 7. The number of nitrogens with one attached hydrogen (secondary N) is 2. The predicted octanol–water partition coefficient (Wildman–Crippen LogP) is 3.15. The Morgan fingerprint density at radius 3 is 2.39 bits per heavy atom. The van der Waals surface area contributed by atoms with Crippen LogP contribution in [0.4, 0.5) is 22.4 Å². The lowest BCUT2D eigenvalue weighted by Gasteiger charge is -2.38. The van der Waals surface area contributed by atoms with Gasteiger partial charge in [0.1, 0.15) is 12.2 Å². The summed E-state index contributed by atoms with van der Waals surface area (Å²) in [7, 11) is 0. The van der Waals surface area contributed by atoms with E-state index in [1.807, 2.05) is 13.8 Å². The van der Waals surface area contributed by atoms with Gasteiger partial charge in [-0.05, 0) is 17.5 Å². The molecule has 2 aromatic rings. The van der Waals surface area contributed by atoms with Crippen LogP contribution in [0.2, 0.25) is 0 Å². The lowest BCUT2D eigenvalue weighted by Crippen LogP contribution is -2.61. The molecule has 3 heterocycles. The Hall–Kier alpha value is -3.70. The summed E-state index contributed by atoms with van der Waals surface area (Å²) in [4.78, 5) is 44.0. The molecule has 12 heteroatoms. The fraction of sp³-hybridized carbons (Fsp3) is 0.462. The lowest BCUT2D eigenvalue weighted by molar-refractivity contribution is -0.138. The standard InChI is InChI=1S/C26H29F4N5O3/c1-15(2)18-8-9-19(32-23(18)28)22(16-6-4-3-5-7-16)33-24(37)20-10-17(27)12-35(20)21(36)11-31-25(38)34-13-26(29,30)14-34/h3-9,15,17,20,22H,10-14H2,1-2H3,(H,31,38)(H,33,37)/t17-,20+,22+/m1/s1. The average molecular weight is 536 g/mol. The lowest BCUT2D eigenvalue weighted by atomic mass is 9.99. The monoisotopic (exact) mass is 535 g/mol. The quantitative estimate of drug-likeness (QED) is 0.421. The minimum absolute atomic E-state index is 0.0982. The Labute approximate surface area is 217 Å². The maximum absolute atomic E-state index is 14.7. The van der Waals surface area contributed by atoms with Crippen molar-refractivity contribution in [2.75, 3.05) is 26.2 Å². The first kappa shape index (κ1) is 27.3. The molecule has 38 heavy (non-hydrogen) atoms. The number of halogens is 4. The third-order valence-electron chi connectivity index (χ3n) is 6.63. The van der Waals surface area contributed by atoms with Crippen LogP contribution in [0.3, 0.4) is 0 Å². The molecule has 0 unspecified atom stereocenters. The van der Waals surface area contributed by atoms with Gasteiger partial charge >= 0.3 is 6.03 Å². The first-order valence-electron chi connectivity index (χ1n) is 12.3. The van der Waals surface area contributed by atoms with Gasteiger partial charge in [-0.15, -0.1) is 0 Å². The van der Waals surface area contributed by atoms with E-state index in [0.717, 1.165) is 9.80 Å². The summed E-state index contributed by atoms with van der Waals surface area (Å²) in [5.41, 5.74) is 1.26. The SMILES string of the molecule is CC(C)c1ccc([C@@H](NC(=O)[C@@H]2C[C@@H](F)CN2C(=O)CNC(=O)N2CC(F)(F)C2)c2ccccc2)nc1F. The van der Waals surface area contributed by atoms with Crippen molar-refractivity contribution >= 4 is 17.8 Å². The van der Waals surface area contributed by atoms with Gasteiger partial charge in [-0.1, -0.05) is 50.2 Å². The third-order valence-corrected chi connectivity index (χ3v) is 6.63. The summed E-state index contributed by atoms with van der Waals surface area (Å²) in [5.74, 6) is -5.11. The van der Waals surface area contributed by atoms with E-state index in [-0.39, 0.29) is 24.6 Å². The first-order valence-corrected chi connectivity index (χ1v) is 12.3. The van der Waals surface area contributed by atoms with Crippen molar-refractivity contribution in [1.82, 2.24) is 25.4 Å². The highest BCUT2D eigenvalue weighted by Crippen LogP contribution is 2.28. The maximum atomic E-state index is 14.7. The van der Waals surface area contributed by atoms with Crippen LogP contribution in [0.15, 0.2) is 42.5 Å². The molecule has 1 aromatic heterocycles. The molecule has 1 aromatic carbocycles. The molecular weight excluding hydrogens is 506 g/mol. The largest absolute Gasteiger partial charge is 0.342 e. The fourth-order valence-electron chi connectivity index (χ4n) is 4.59. The normalized spacial score (nSPS) is 21.1. The molecule has 4 amide bonds. The molecule has 0 spiro atoms. The van der Waals surface area contributed by atoms with Crippen molar-refractivity contribution in [3.8, 4) is 0 Å². The summed E-state index contributed by atoms with van der Waals surface area (Å²) in [5, 5.41) is 5.02. The van der Waals surface area contributed by atoms with Gasteiger partial charge in [-0.3, -0.25) is 9.59 Å². The molecule has 0 radical (unpaired) electrons. The average Bonchev–Trinajstić information content (AvgIpc) is 3.26. The Bertz CT molecular complexity index is 1190. The van der Waals surface area contributed by atoms with E-state index in [1.54, 1.807) is 42.5 Å². The van der Waals surface area contributed by atoms with E-state index in [0.29, 0.717) is 11.1 Å². The number of hydrogen-bond donors (Lipinski definition) is 2. The van der Waals surface area contributed by atoms with Gasteiger partial charge in [0.05, 0.1) is 37.9 Å². The van der Waals surface area contributed by atoms with Crippen LogP contribution >= 0.6 is 0 Å². The van der Waals surface area contributed by atoms with Gasteiger partial charge in [-0.25, -0.2) is 22.9 Å². The minimum Gasteiger partial charge on any atom is -0.342 e. The van der Waals surface area contributed by atoms with Crippen LogP contribution in [0.25, 0.3) is 0 Å². The molecule has 3 atom stereocenters. The Kier molecular flexibility index (Phi) is 7.89. The van der Waals surface area contributed by atoms with Crippen LogP contribution in [0.1, 0.15) is 49.0 Å². The number of likely N-dealkylation sites (tertiary alicyclic amines) is 2. The molecule has 0 saturated carbocycles. The van der Waals surface area contributed by atoms with E-state index >= 15 is 0 Å². The van der Waals surface area contributed by atoms with Gasteiger partial charge < -0.3 is 20.4 Å². The van der Waals surface area contributed by atoms with Gasteiger partial charge in [0.15, 0.2) is 0 Å². The molecule has 2 N–H and O–H groups in total. The van der Waals surface area contributed by atoms with Crippen LogP contribution in [-0.2, 0) is 9.59 Å². The van der Waals surface area contributed by atoms with E-state index in [4.69, 9.17) is 0 Å². The second kappa shape index (κ2) is 11.0. The minimum atomic E-state index is -2.96. The number of carbonyl (C=O) groups excluding carboxylic acids is 3. The van der Waals surface area contributed by atoms with Crippen LogP contribution in [0, 0.1) is 5.95 Å². The van der Waals surface area contributed by atoms with Crippen molar-refractivity contribution in [3.05, 3.63) is 65.2 Å². The molecule has 2 fully saturated rings. The number of alkyl halides is 3. The van der Waals surface area contributed by atoms with Crippen LogP contribution in [0.5, 0.6) is 0 Å². The second-order valence-electron chi connectivity index (χ2n) is 9.89. The zero-order chi connectivity index (χ0) is 27.6. The molecule has 2 saturated heterocycles. The fourth-order valence-corrected chi connectivity index (χ4v) is 4.59. The molecule has 0 aliphatic carbocycles. The zero-order valence-corrected chi connectivity index (χ0v) is 21.0. The Morgan fingerprint density at radius 2 is 1.79 bits per heavy atom. The van der Waals surface area contributed by atoms with Crippen LogP contribution in [-0.4, -0.2) is 76.9 Å². The molecule has 2 aliphatic heterocycles. The van der Waals surface area contributed by atoms with Gasteiger partial charge in [0, 0.05) is 12.0 Å². The number of benzene rings is 1. The van der Waals surface area contributed by atoms with Gasteiger partial charge in [0.2, 0.25) is 17.8 Å². The van der Waals surface area contributed by atoms with Crippen molar-refractivity contribution in [1.29, 1.82) is 0 Å². The summed E-state index contributed by atoms with van der Waals surface area (Å²) in [6, 6.07) is 9.03. The highest BCUT2D eigenvalue weighted by Gasteiger charge is 2.46. The number of aromatic nitrogens is 1. The molecule has 8 nitrogen and oxygen atoms in total. The van der Waals surface area contributed by atoms with Gasteiger partial charge in [-0.2, -0.15) is 4.39 Å². The molecule has 0 bridgehead atoms. The molecular formula is C26H29F4N5O3. The topological polar surface area (TPSA) is 94.6 Å². The van der Waals surface area contributed by atoms with E-state index < -0.39 is 67.6 Å². The van der Waals surface area contributed by atoms with Gasteiger partial charge in [0.25, 0.3) is 5.92 Å². The summed E-state index contributed by atoms with van der Waals surface area (Å²) in [6.45, 7) is 1.22. The highest BCUT2D eigenvalue weighted by atomic mass is 19.3. The van der Waals surface area contributed by atoms with E-state index in [1.165, 1.54) is 0 Å². The first-order chi connectivity index (χ1) is 17.9. The molecule has 4 rings (SSSR count). The van der Waals surface area contributed by atoms with E-state index in [9.17, 15) is 31.9 Å². The summed E-state index contributed by atoms with van der Waals surface area (Å²) in [6.07, 6.45) is -1.74. The number of carbonyl (C=O) groups is 3. The maximum Gasteiger partial charge on any atom is 0.318 e. The van der Waals surface area contributed by atoms with Crippen molar-refractivity contribution in [2.45, 2.75) is 50.4 Å². The molecule has 204 valence electrons. The van der Waals surface area contributed by atoms with E-state index in [2.05, 4.69) is 15.6 Å². The number of nitrogens with zero attached hydrogens (tertiary/aromatic N) is 3. The second-order valence-corrected chi connectivity index (χ2v) is 9.89. The van der Waals surface area contributed by atoms with Crippen molar-refractivity contribution < 1.29 is 31.9 Å². The number of urea groups is 1. The summed E-state index contributed by atoms with van der Waals surface area (Å²) < 4.78 is 55.1. The zero-order valence-electron chi connectivity index (χ0n) is 21.0.